The Morgan fingerprint density at radius 1 is 1.05 bits per heavy atom. The van der Waals surface area contributed by atoms with Crippen molar-refractivity contribution in [3.05, 3.63) is 53.2 Å². The molecule has 0 spiro atoms. The molecule has 0 bridgehead atoms. The number of pyridine rings is 1. The van der Waals surface area contributed by atoms with Crippen molar-refractivity contribution in [3.63, 3.8) is 0 Å². The van der Waals surface area contributed by atoms with Crippen LogP contribution in [0.2, 0.25) is 0 Å². The molecule has 21 heavy (non-hydrogen) atoms. The van der Waals surface area contributed by atoms with Gasteiger partial charge < -0.3 is 5.73 Å². The van der Waals surface area contributed by atoms with E-state index in [1.807, 2.05) is 23.6 Å². The number of imidazole rings is 1. The molecule has 0 saturated heterocycles. The Balaban J connectivity index is 1.97. The molecule has 2 heterocycles. The Morgan fingerprint density at radius 2 is 1.76 bits per heavy atom. The molecule has 3 aromatic rings. The molecule has 0 fully saturated rings. The molecule has 0 amide bonds. The van der Waals surface area contributed by atoms with Gasteiger partial charge in [-0.15, -0.1) is 0 Å². The Hall–Kier alpha value is -2.36. The van der Waals surface area contributed by atoms with Gasteiger partial charge in [0.15, 0.2) is 5.65 Å². The van der Waals surface area contributed by atoms with Crippen LogP contribution in [-0.2, 0) is 6.54 Å². The van der Waals surface area contributed by atoms with Gasteiger partial charge in [0.2, 0.25) is 5.95 Å². The summed E-state index contributed by atoms with van der Waals surface area (Å²) in [5.74, 6) is 1.05. The zero-order chi connectivity index (χ0) is 15.0. The van der Waals surface area contributed by atoms with Crippen molar-refractivity contribution in [1.29, 1.82) is 0 Å². The number of benzene rings is 1. The molecular formula is C17H20N4. The number of anilines is 1. The predicted octanol–water partition coefficient (Wildman–Crippen LogP) is 3.49. The molecule has 108 valence electrons. The van der Waals surface area contributed by atoms with Gasteiger partial charge >= 0.3 is 0 Å². The second kappa shape index (κ2) is 5.20. The normalized spacial score (nSPS) is 11.4. The highest BCUT2D eigenvalue weighted by molar-refractivity contribution is 5.74. The number of nitrogen functional groups attached to an aromatic ring is 1. The van der Waals surface area contributed by atoms with E-state index in [1.54, 1.807) is 0 Å². The van der Waals surface area contributed by atoms with E-state index < -0.39 is 0 Å². The molecular weight excluding hydrogens is 260 g/mol. The van der Waals surface area contributed by atoms with Crippen molar-refractivity contribution in [2.45, 2.75) is 33.2 Å². The number of nitrogens with two attached hydrogens (primary N) is 1. The monoisotopic (exact) mass is 280 g/mol. The van der Waals surface area contributed by atoms with Crippen LogP contribution in [0.5, 0.6) is 0 Å². The van der Waals surface area contributed by atoms with Gasteiger partial charge in [0.25, 0.3) is 0 Å². The maximum Gasteiger partial charge on any atom is 0.202 e. The average Bonchev–Trinajstić information content (AvgIpc) is 2.76. The van der Waals surface area contributed by atoms with Crippen LogP contribution in [0.3, 0.4) is 0 Å². The number of rotatable bonds is 3. The van der Waals surface area contributed by atoms with Crippen molar-refractivity contribution < 1.29 is 0 Å². The summed E-state index contributed by atoms with van der Waals surface area (Å²) in [7, 11) is 0. The van der Waals surface area contributed by atoms with E-state index in [-0.39, 0.29) is 0 Å². The van der Waals surface area contributed by atoms with Crippen LogP contribution in [0.25, 0.3) is 11.2 Å². The number of aromatic nitrogens is 3. The smallest absolute Gasteiger partial charge is 0.202 e. The van der Waals surface area contributed by atoms with Gasteiger partial charge in [-0.2, -0.15) is 0 Å². The number of fused-ring (bicyclic) bond motifs is 1. The number of hydrogen-bond donors (Lipinski definition) is 1. The highest BCUT2D eigenvalue weighted by Gasteiger charge is 2.10. The van der Waals surface area contributed by atoms with Crippen molar-refractivity contribution in [2.75, 3.05) is 5.73 Å². The van der Waals surface area contributed by atoms with Crippen LogP contribution in [0.15, 0.2) is 36.4 Å². The SMILES string of the molecule is Cc1ccc2nc(N)n(Cc3ccc(C(C)C)cc3)c2n1. The highest BCUT2D eigenvalue weighted by Crippen LogP contribution is 2.20. The van der Waals surface area contributed by atoms with Crippen LogP contribution >= 0.6 is 0 Å². The molecule has 0 aliphatic heterocycles. The summed E-state index contributed by atoms with van der Waals surface area (Å²) in [6.45, 7) is 7.06. The lowest BCUT2D eigenvalue weighted by Gasteiger charge is -2.09. The number of nitrogens with zero attached hydrogens (tertiary/aromatic N) is 3. The molecule has 2 N–H and O–H groups in total. The third-order valence-electron chi connectivity index (χ3n) is 3.75. The highest BCUT2D eigenvalue weighted by atomic mass is 15.2. The van der Waals surface area contributed by atoms with Crippen molar-refractivity contribution in [1.82, 2.24) is 14.5 Å². The molecule has 0 atom stereocenters. The van der Waals surface area contributed by atoms with Gasteiger partial charge in [-0.1, -0.05) is 38.1 Å². The second-order valence-corrected chi connectivity index (χ2v) is 5.75. The van der Waals surface area contributed by atoms with Crippen molar-refractivity contribution in [3.8, 4) is 0 Å². The summed E-state index contributed by atoms with van der Waals surface area (Å²) in [6, 6.07) is 12.6. The van der Waals surface area contributed by atoms with Crippen LogP contribution in [0.1, 0.15) is 36.6 Å². The average molecular weight is 280 g/mol. The molecule has 3 rings (SSSR count). The van der Waals surface area contributed by atoms with Crippen LogP contribution in [0.4, 0.5) is 5.95 Å². The summed E-state index contributed by atoms with van der Waals surface area (Å²) in [4.78, 5) is 8.93. The first kappa shape index (κ1) is 13.6. The molecule has 0 saturated carbocycles. The standard InChI is InChI=1S/C17H20N4/c1-11(2)14-7-5-13(6-8-14)10-21-16-15(20-17(21)18)9-4-12(3)19-16/h4-9,11H,10H2,1-3H3,(H2,18,20). The summed E-state index contributed by atoms with van der Waals surface area (Å²) >= 11 is 0. The summed E-state index contributed by atoms with van der Waals surface area (Å²) in [6.07, 6.45) is 0. The Labute approximate surface area is 124 Å². The van der Waals surface area contributed by atoms with Crippen LogP contribution in [0, 0.1) is 6.92 Å². The maximum atomic E-state index is 6.04. The van der Waals surface area contributed by atoms with E-state index in [0.717, 1.165) is 16.9 Å². The third kappa shape index (κ3) is 2.61. The van der Waals surface area contributed by atoms with Crippen molar-refractivity contribution >= 4 is 17.1 Å². The fourth-order valence-corrected chi connectivity index (χ4v) is 2.46. The van der Waals surface area contributed by atoms with E-state index in [1.165, 1.54) is 11.1 Å². The lowest BCUT2D eigenvalue weighted by molar-refractivity contribution is 0.820. The second-order valence-electron chi connectivity index (χ2n) is 5.75. The van der Waals surface area contributed by atoms with Crippen LogP contribution < -0.4 is 5.73 Å². The van der Waals surface area contributed by atoms with E-state index in [9.17, 15) is 0 Å². The fourth-order valence-electron chi connectivity index (χ4n) is 2.46. The quantitative estimate of drug-likeness (QED) is 0.799. The minimum atomic E-state index is 0.510. The topological polar surface area (TPSA) is 56.7 Å². The number of aryl methyl sites for hydroxylation is 1. The molecule has 0 aliphatic carbocycles. The molecule has 2 aromatic heterocycles. The largest absolute Gasteiger partial charge is 0.369 e. The minimum Gasteiger partial charge on any atom is -0.369 e. The molecule has 0 unspecified atom stereocenters. The zero-order valence-electron chi connectivity index (χ0n) is 12.7. The molecule has 1 aromatic carbocycles. The zero-order valence-corrected chi connectivity index (χ0v) is 12.7. The number of hydrogen-bond acceptors (Lipinski definition) is 3. The first-order valence-corrected chi connectivity index (χ1v) is 7.23. The van der Waals surface area contributed by atoms with Gasteiger partial charge in [0.05, 0.1) is 6.54 Å². The maximum absolute atomic E-state index is 6.04. The summed E-state index contributed by atoms with van der Waals surface area (Å²) in [5, 5.41) is 0. The Morgan fingerprint density at radius 3 is 2.43 bits per heavy atom. The van der Waals surface area contributed by atoms with E-state index in [2.05, 4.69) is 48.1 Å². The van der Waals surface area contributed by atoms with E-state index >= 15 is 0 Å². The lowest BCUT2D eigenvalue weighted by Crippen LogP contribution is -2.05. The first-order valence-electron chi connectivity index (χ1n) is 7.23. The van der Waals surface area contributed by atoms with Gasteiger partial charge in [-0.25, -0.2) is 9.97 Å². The van der Waals surface area contributed by atoms with Gasteiger partial charge in [0, 0.05) is 5.69 Å². The fraction of sp³-hybridized carbons (Fsp3) is 0.294. The predicted molar refractivity (Wildman–Crippen MR) is 86.3 cm³/mol. The van der Waals surface area contributed by atoms with E-state index in [0.29, 0.717) is 18.4 Å². The van der Waals surface area contributed by atoms with Gasteiger partial charge in [-0.3, -0.25) is 4.57 Å². The van der Waals surface area contributed by atoms with Gasteiger partial charge in [0.1, 0.15) is 5.52 Å². The molecule has 4 heteroatoms. The lowest BCUT2D eigenvalue weighted by atomic mass is 10.0. The van der Waals surface area contributed by atoms with Crippen LogP contribution in [-0.4, -0.2) is 14.5 Å². The first-order chi connectivity index (χ1) is 10.0. The molecule has 0 aliphatic rings. The van der Waals surface area contributed by atoms with Gasteiger partial charge in [-0.05, 0) is 36.1 Å². The molecule has 0 radical (unpaired) electrons. The minimum absolute atomic E-state index is 0.510. The molecule has 4 nitrogen and oxygen atoms in total. The summed E-state index contributed by atoms with van der Waals surface area (Å²) < 4.78 is 1.96. The van der Waals surface area contributed by atoms with Crippen molar-refractivity contribution in [2.24, 2.45) is 0 Å². The Kier molecular flexibility index (Phi) is 3.37. The van der Waals surface area contributed by atoms with E-state index in [4.69, 9.17) is 5.73 Å². The third-order valence-corrected chi connectivity index (χ3v) is 3.75. The summed E-state index contributed by atoms with van der Waals surface area (Å²) in [5.41, 5.74) is 11.3. The Bertz CT molecular complexity index is 769.